The Labute approximate surface area is 315 Å². The van der Waals surface area contributed by atoms with Gasteiger partial charge in [-0.25, -0.2) is 0 Å². The van der Waals surface area contributed by atoms with Crippen molar-refractivity contribution in [2.24, 2.45) is 0 Å². The van der Waals surface area contributed by atoms with Crippen LogP contribution in [0.1, 0.15) is 0 Å². The first-order chi connectivity index (χ1) is 27.3. The number of hydrogen-bond acceptors (Lipinski definition) is 1. The summed E-state index contributed by atoms with van der Waals surface area (Å²) in [4.78, 5) is 0. The highest BCUT2D eigenvalue weighted by Gasteiger charge is 2.27. The van der Waals surface area contributed by atoms with E-state index in [9.17, 15) is 0 Å². The summed E-state index contributed by atoms with van der Waals surface area (Å²) in [6, 6.07) is 66.5. The van der Waals surface area contributed by atoms with Gasteiger partial charge in [0.15, 0.2) is 5.58 Å². The zero-order chi connectivity index (χ0) is 35.8. The highest BCUT2D eigenvalue weighted by molar-refractivity contribution is 6.28. The molecule has 0 spiro atoms. The third-order valence-electron chi connectivity index (χ3n) is 12.0. The number of para-hydroxylation sites is 2. The summed E-state index contributed by atoms with van der Waals surface area (Å²) < 4.78 is 11.9. The molecule has 3 heterocycles. The van der Waals surface area contributed by atoms with Crippen molar-refractivity contribution in [3.63, 3.8) is 0 Å². The molecule has 0 atom stereocenters. The predicted octanol–water partition coefficient (Wildman–Crippen LogP) is 14.2. The molecule has 0 bridgehead atoms. The summed E-state index contributed by atoms with van der Waals surface area (Å²) in [5.41, 5.74) is 16.2. The van der Waals surface area contributed by atoms with Gasteiger partial charge in [0.2, 0.25) is 0 Å². The van der Waals surface area contributed by atoms with Crippen LogP contribution >= 0.6 is 0 Å². The Hall–Kier alpha value is -7.36. The minimum atomic E-state index is 0.898. The first-order valence-electron chi connectivity index (χ1n) is 18.9. The van der Waals surface area contributed by atoms with Crippen molar-refractivity contribution in [1.29, 1.82) is 0 Å². The normalized spacial score (nSPS) is 12.4. The number of fused-ring (bicyclic) bond motifs is 14. The van der Waals surface area contributed by atoms with E-state index in [0.717, 1.165) is 44.3 Å². The first kappa shape index (κ1) is 29.1. The average Bonchev–Trinajstić information content (AvgIpc) is 3.99. The molecule has 0 radical (unpaired) electrons. The van der Waals surface area contributed by atoms with Crippen LogP contribution in [0.15, 0.2) is 186 Å². The van der Waals surface area contributed by atoms with Crippen molar-refractivity contribution in [2.75, 3.05) is 0 Å². The molecule has 0 aliphatic heterocycles. The van der Waals surface area contributed by atoms with Gasteiger partial charge in [0.05, 0.1) is 22.1 Å². The lowest BCUT2D eigenvalue weighted by Gasteiger charge is -2.15. The van der Waals surface area contributed by atoms with Crippen LogP contribution in [-0.4, -0.2) is 9.13 Å². The molecule has 12 aromatic rings. The molecule has 0 amide bonds. The van der Waals surface area contributed by atoms with Gasteiger partial charge in [-0.1, -0.05) is 140 Å². The minimum absolute atomic E-state index is 0.898. The monoisotopic (exact) mass is 698 g/mol. The second kappa shape index (κ2) is 10.6. The zero-order valence-corrected chi connectivity index (χ0v) is 29.6. The van der Waals surface area contributed by atoms with Crippen LogP contribution in [0.5, 0.6) is 0 Å². The molecule has 13 rings (SSSR count). The van der Waals surface area contributed by atoms with Crippen molar-refractivity contribution in [2.45, 2.75) is 0 Å². The third kappa shape index (κ3) is 3.84. The standard InChI is InChI=1S/C52H30N2O/c1-2-12-31(13-3-1)32-14-10-16-34(28-32)53-46-22-8-6-19-38(46)41-24-25-42-43-26-27-44-39-20-7-9-23-47(39)55-52(44)51(43)54(50(42)49(41)53)35-29-33-15-11-21-40-36-17-4-5-18-37(36)45(30-35)48(33)40/h1-30H. The smallest absolute Gasteiger partial charge is 0.160 e. The van der Waals surface area contributed by atoms with Gasteiger partial charge in [0, 0.05) is 43.7 Å². The molecule has 1 aliphatic carbocycles. The molecule has 254 valence electrons. The van der Waals surface area contributed by atoms with Gasteiger partial charge >= 0.3 is 0 Å². The largest absolute Gasteiger partial charge is 0.454 e. The van der Waals surface area contributed by atoms with Crippen LogP contribution in [0.4, 0.5) is 0 Å². The topological polar surface area (TPSA) is 23.0 Å². The van der Waals surface area contributed by atoms with Gasteiger partial charge in [0.25, 0.3) is 0 Å². The van der Waals surface area contributed by atoms with Crippen molar-refractivity contribution in [3.05, 3.63) is 182 Å². The molecule has 9 aromatic carbocycles. The lowest BCUT2D eigenvalue weighted by Crippen LogP contribution is -1.99. The van der Waals surface area contributed by atoms with Crippen LogP contribution in [-0.2, 0) is 0 Å². The van der Waals surface area contributed by atoms with E-state index in [1.54, 1.807) is 0 Å². The zero-order valence-electron chi connectivity index (χ0n) is 29.6. The molecule has 0 fully saturated rings. The molecule has 3 aromatic heterocycles. The highest BCUT2D eigenvalue weighted by atomic mass is 16.3. The highest BCUT2D eigenvalue weighted by Crippen LogP contribution is 2.50. The van der Waals surface area contributed by atoms with Crippen molar-refractivity contribution in [3.8, 4) is 44.8 Å². The molecule has 0 unspecified atom stereocenters. The predicted molar refractivity (Wildman–Crippen MR) is 230 cm³/mol. The number of furan rings is 1. The van der Waals surface area contributed by atoms with E-state index in [1.165, 1.54) is 76.7 Å². The summed E-state index contributed by atoms with van der Waals surface area (Å²) in [6.45, 7) is 0. The van der Waals surface area contributed by atoms with Gasteiger partial charge < -0.3 is 13.6 Å². The van der Waals surface area contributed by atoms with E-state index >= 15 is 0 Å². The van der Waals surface area contributed by atoms with Crippen LogP contribution < -0.4 is 0 Å². The maximum absolute atomic E-state index is 6.89. The van der Waals surface area contributed by atoms with Crippen LogP contribution in [0, 0.1) is 0 Å². The quantitative estimate of drug-likeness (QED) is 0.180. The van der Waals surface area contributed by atoms with E-state index in [0.29, 0.717) is 0 Å². The van der Waals surface area contributed by atoms with E-state index in [4.69, 9.17) is 4.42 Å². The Kier molecular flexibility index (Phi) is 5.63. The Morgan fingerprint density at radius 1 is 0.345 bits per heavy atom. The fourth-order valence-corrected chi connectivity index (χ4v) is 9.72. The molecular weight excluding hydrogens is 669 g/mol. The lowest BCUT2D eigenvalue weighted by atomic mass is 10.0. The summed E-state index contributed by atoms with van der Waals surface area (Å²) in [5.74, 6) is 0. The fraction of sp³-hybridized carbons (Fsp3) is 0. The van der Waals surface area contributed by atoms with Crippen molar-refractivity contribution in [1.82, 2.24) is 9.13 Å². The van der Waals surface area contributed by atoms with Gasteiger partial charge in [-0.15, -0.1) is 0 Å². The Morgan fingerprint density at radius 2 is 0.982 bits per heavy atom. The molecule has 3 heteroatoms. The molecule has 0 saturated heterocycles. The number of nitrogens with zero attached hydrogens (tertiary/aromatic N) is 2. The summed E-state index contributed by atoms with van der Waals surface area (Å²) >= 11 is 0. The van der Waals surface area contributed by atoms with E-state index in [2.05, 4.69) is 191 Å². The molecular formula is C52H30N2O. The van der Waals surface area contributed by atoms with Gasteiger partial charge in [0.1, 0.15) is 5.58 Å². The average molecular weight is 699 g/mol. The maximum atomic E-state index is 6.89. The Morgan fingerprint density at radius 3 is 1.85 bits per heavy atom. The van der Waals surface area contributed by atoms with Crippen LogP contribution in [0.2, 0.25) is 0 Å². The lowest BCUT2D eigenvalue weighted by molar-refractivity contribution is 0.671. The Bertz CT molecular complexity index is 3600. The van der Waals surface area contributed by atoms with Crippen molar-refractivity contribution >= 4 is 76.3 Å². The summed E-state index contributed by atoms with van der Waals surface area (Å²) in [7, 11) is 0. The fourth-order valence-electron chi connectivity index (χ4n) is 9.72. The van der Waals surface area contributed by atoms with Gasteiger partial charge in [-0.05, 0) is 86.6 Å². The Balaban J connectivity index is 1.25. The molecule has 1 aliphatic rings. The minimum Gasteiger partial charge on any atom is -0.454 e. The van der Waals surface area contributed by atoms with E-state index < -0.39 is 0 Å². The number of rotatable bonds is 3. The van der Waals surface area contributed by atoms with Gasteiger partial charge in [-0.2, -0.15) is 0 Å². The number of hydrogen-bond donors (Lipinski definition) is 0. The molecule has 0 saturated carbocycles. The van der Waals surface area contributed by atoms with Crippen molar-refractivity contribution < 1.29 is 4.42 Å². The summed E-state index contributed by atoms with van der Waals surface area (Å²) in [6.07, 6.45) is 0. The third-order valence-corrected chi connectivity index (χ3v) is 12.0. The van der Waals surface area contributed by atoms with E-state index in [-0.39, 0.29) is 0 Å². The molecule has 0 N–H and O–H groups in total. The molecule has 55 heavy (non-hydrogen) atoms. The second-order valence-electron chi connectivity index (χ2n) is 14.8. The van der Waals surface area contributed by atoms with Gasteiger partial charge in [-0.3, -0.25) is 0 Å². The molecule has 3 nitrogen and oxygen atoms in total. The number of benzene rings is 9. The maximum Gasteiger partial charge on any atom is 0.160 e. The first-order valence-corrected chi connectivity index (χ1v) is 18.9. The van der Waals surface area contributed by atoms with E-state index in [1.807, 2.05) is 0 Å². The number of aromatic nitrogens is 2. The van der Waals surface area contributed by atoms with Crippen LogP contribution in [0.3, 0.4) is 0 Å². The second-order valence-corrected chi connectivity index (χ2v) is 14.8. The summed E-state index contributed by atoms with van der Waals surface area (Å²) in [5, 5.41) is 9.61. The SMILES string of the molecule is c1ccc(-c2cccc(-n3c4ccccc4c4ccc5c6ccc7c8ccccc8oc7c6n(-c6cc7c8c(cccc8c6)-c6ccccc6-7)c5c43)c2)cc1. The van der Waals surface area contributed by atoms with Crippen LogP contribution in [0.25, 0.3) is 121 Å².